The van der Waals surface area contributed by atoms with E-state index >= 15 is 0 Å². The van der Waals surface area contributed by atoms with Crippen LogP contribution in [0.25, 0.3) is 5.76 Å². The molecule has 1 fully saturated rings. The van der Waals surface area contributed by atoms with E-state index in [0.29, 0.717) is 28.3 Å². The van der Waals surface area contributed by atoms with Gasteiger partial charge in [0.15, 0.2) is 5.13 Å². The molecule has 1 aromatic heterocycles. The summed E-state index contributed by atoms with van der Waals surface area (Å²) in [5.74, 6) is -1.81. The van der Waals surface area contributed by atoms with Crippen LogP contribution in [0.15, 0.2) is 66.8 Å². The Morgan fingerprint density at radius 1 is 1.14 bits per heavy atom. The zero-order valence-electron chi connectivity index (χ0n) is 20.4. The number of aryl methyl sites for hydroxylation is 1. The van der Waals surface area contributed by atoms with Gasteiger partial charge in [-0.1, -0.05) is 48.3 Å². The maximum absolute atomic E-state index is 13.4. The molecule has 0 radical (unpaired) electrons. The standard InChI is InChI=1S/C27H24N2O7S/c1-5-12-36-26(33)24-15(2)28-27(37-24)29-21(16-8-6-10-18(13-16)34-3)20(23(31)25(29)32)22(30)17-9-7-11-19(14-17)35-4/h5-11,13-14,21,30H,1,12H2,2-4H3. The molecule has 1 N–H and O–H groups in total. The quantitative estimate of drug-likeness (QED) is 0.152. The molecule has 0 spiro atoms. The highest BCUT2D eigenvalue weighted by atomic mass is 32.1. The lowest BCUT2D eigenvalue weighted by Crippen LogP contribution is -2.29. The molecule has 0 bridgehead atoms. The van der Waals surface area contributed by atoms with Gasteiger partial charge in [-0.3, -0.25) is 14.5 Å². The molecule has 1 unspecified atom stereocenters. The van der Waals surface area contributed by atoms with Gasteiger partial charge in [0.05, 0.1) is 31.5 Å². The topological polar surface area (TPSA) is 115 Å². The molecule has 37 heavy (non-hydrogen) atoms. The van der Waals surface area contributed by atoms with Gasteiger partial charge in [0.1, 0.15) is 28.7 Å². The minimum Gasteiger partial charge on any atom is -0.507 e. The normalized spacial score (nSPS) is 16.5. The van der Waals surface area contributed by atoms with E-state index < -0.39 is 23.7 Å². The van der Waals surface area contributed by atoms with E-state index in [-0.39, 0.29) is 27.9 Å². The number of rotatable bonds is 8. The second kappa shape index (κ2) is 10.7. The van der Waals surface area contributed by atoms with Crippen molar-refractivity contribution in [3.8, 4) is 11.5 Å². The molecule has 0 saturated carbocycles. The molecule has 1 amide bonds. The van der Waals surface area contributed by atoms with Crippen molar-refractivity contribution in [2.75, 3.05) is 25.7 Å². The number of aromatic nitrogens is 1. The van der Waals surface area contributed by atoms with E-state index in [1.54, 1.807) is 55.5 Å². The summed E-state index contributed by atoms with van der Waals surface area (Å²) in [6.45, 7) is 5.15. The van der Waals surface area contributed by atoms with Crippen LogP contribution in [0.3, 0.4) is 0 Å². The lowest BCUT2D eigenvalue weighted by Gasteiger charge is -2.23. The van der Waals surface area contributed by atoms with Crippen molar-refractivity contribution in [1.82, 2.24) is 4.98 Å². The maximum atomic E-state index is 13.4. The Kier molecular flexibility index (Phi) is 7.40. The van der Waals surface area contributed by atoms with E-state index in [1.807, 2.05) is 0 Å². The molecule has 1 atom stereocenters. The molecule has 0 aliphatic carbocycles. The molecule has 9 nitrogen and oxygen atoms in total. The number of ketones is 1. The molecule has 1 saturated heterocycles. The number of aliphatic hydroxyl groups is 1. The number of anilines is 1. The van der Waals surface area contributed by atoms with Gasteiger partial charge >= 0.3 is 11.9 Å². The molecule has 190 valence electrons. The van der Waals surface area contributed by atoms with Gasteiger partial charge in [-0.15, -0.1) is 0 Å². The van der Waals surface area contributed by atoms with Crippen LogP contribution in [-0.2, 0) is 14.3 Å². The zero-order valence-corrected chi connectivity index (χ0v) is 21.2. The smallest absolute Gasteiger partial charge is 0.350 e. The van der Waals surface area contributed by atoms with Crippen LogP contribution in [0.2, 0.25) is 0 Å². The van der Waals surface area contributed by atoms with Gasteiger partial charge < -0.3 is 19.3 Å². The first kappa shape index (κ1) is 25.6. The number of hydrogen-bond donors (Lipinski definition) is 1. The maximum Gasteiger partial charge on any atom is 0.350 e. The highest BCUT2D eigenvalue weighted by Crippen LogP contribution is 2.44. The first-order valence-electron chi connectivity index (χ1n) is 11.2. The zero-order chi connectivity index (χ0) is 26.7. The number of aliphatic hydroxyl groups excluding tert-OH is 1. The van der Waals surface area contributed by atoms with E-state index in [4.69, 9.17) is 14.2 Å². The predicted octanol–water partition coefficient (Wildman–Crippen LogP) is 4.44. The third-order valence-corrected chi connectivity index (χ3v) is 6.84. The highest BCUT2D eigenvalue weighted by molar-refractivity contribution is 7.17. The monoisotopic (exact) mass is 520 g/mol. The average molecular weight is 521 g/mol. The second-order valence-corrected chi connectivity index (χ2v) is 8.95. The minimum absolute atomic E-state index is 0.0143. The number of amides is 1. The Balaban J connectivity index is 1.90. The summed E-state index contributed by atoms with van der Waals surface area (Å²) in [6, 6.07) is 12.3. The third kappa shape index (κ3) is 4.83. The molecule has 10 heteroatoms. The number of esters is 1. The molecular weight excluding hydrogens is 496 g/mol. The van der Waals surface area contributed by atoms with E-state index in [2.05, 4.69) is 11.6 Å². The number of thiazole rings is 1. The van der Waals surface area contributed by atoms with Crippen LogP contribution in [0, 0.1) is 6.92 Å². The molecule has 4 rings (SSSR count). The fraction of sp³-hybridized carbons (Fsp3) is 0.185. The fourth-order valence-corrected chi connectivity index (χ4v) is 4.94. The number of carbonyl (C=O) groups is 3. The van der Waals surface area contributed by atoms with E-state index in [0.717, 1.165) is 11.3 Å². The average Bonchev–Trinajstić information content (AvgIpc) is 3.43. The van der Waals surface area contributed by atoms with Gasteiger partial charge in [0.25, 0.3) is 5.78 Å². The third-order valence-electron chi connectivity index (χ3n) is 5.71. The van der Waals surface area contributed by atoms with Gasteiger partial charge in [-0.2, -0.15) is 0 Å². The largest absolute Gasteiger partial charge is 0.507 e. The van der Waals surface area contributed by atoms with Crippen LogP contribution >= 0.6 is 11.3 Å². The Morgan fingerprint density at radius 2 is 1.81 bits per heavy atom. The van der Waals surface area contributed by atoms with Gasteiger partial charge in [-0.25, -0.2) is 9.78 Å². The molecular formula is C27H24N2O7S. The fourth-order valence-electron chi connectivity index (χ4n) is 3.96. The van der Waals surface area contributed by atoms with E-state index in [1.165, 1.54) is 25.2 Å². The number of ether oxygens (including phenoxy) is 3. The molecule has 1 aliphatic heterocycles. The van der Waals surface area contributed by atoms with Crippen LogP contribution in [0.5, 0.6) is 11.5 Å². The Labute approximate surface area is 217 Å². The molecule has 2 aromatic carbocycles. The van der Waals surface area contributed by atoms with Crippen molar-refractivity contribution in [3.63, 3.8) is 0 Å². The SMILES string of the molecule is C=CCOC(=O)c1sc(N2C(=O)C(=O)C(=C(O)c3cccc(OC)c3)C2c2cccc(OC)c2)nc1C. The summed E-state index contributed by atoms with van der Waals surface area (Å²) in [7, 11) is 2.98. The number of nitrogens with zero attached hydrogens (tertiary/aromatic N) is 2. The number of carbonyl (C=O) groups excluding carboxylic acids is 3. The Bertz CT molecular complexity index is 1430. The summed E-state index contributed by atoms with van der Waals surface area (Å²) < 4.78 is 15.7. The van der Waals surface area contributed by atoms with Crippen LogP contribution < -0.4 is 14.4 Å². The second-order valence-electron chi connectivity index (χ2n) is 7.98. The summed E-state index contributed by atoms with van der Waals surface area (Å²) >= 11 is 0.923. The number of benzene rings is 2. The van der Waals surface area contributed by atoms with Crippen LogP contribution in [-0.4, -0.2) is 48.6 Å². The van der Waals surface area contributed by atoms with E-state index in [9.17, 15) is 19.5 Å². The molecule has 2 heterocycles. The van der Waals surface area contributed by atoms with Crippen molar-refractivity contribution in [2.45, 2.75) is 13.0 Å². The molecule has 1 aliphatic rings. The Morgan fingerprint density at radius 3 is 2.49 bits per heavy atom. The first-order valence-corrected chi connectivity index (χ1v) is 12.0. The predicted molar refractivity (Wildman–Crippen MR) is 138 cm³/mol. The van der Waals surface area contributed by atoms with Crippen LogP contribution in [0.1, 0.15) is 32.5 Å². The van der Waals surface area contributed by atoms with Crippen LogP contribution in [0.4, 0.5) is 5.13 Å². The lowest BCUT2D eigenvalue weighted by molar-refractivity contribution is -0.132. The summed E-state index contributed by atoms with van der Waals surface area (Å²) in [4.78, 5) is 45.0. The van der Waals surface area contributed by atoms with Gasteiger partial charge in [0.2, 0.25) is 0 Å². The van der Waals surface area contributed by atoms with Crippen molar-refractivity contribution >= 4 is 39.9 Å². The van der Waals surface area contributed by atoms with Gasteiger partial charge in [0, 0.05) is 5.56 Å². The summed E-state index contributed by atoms with van der Waals surface area (Å²) in [5, 5.41) is 11.4. The van der Waals surface area contributed by atoms with Crippen molar-refractivity contribution in [2.24, 2.45) is 0 Å². The number of Topliss-reactive ketones (excluding diaryl/α,β-unsaturated/α-hetero) is 1. The van der Waals surface area contributed by atoms with Crippen molar-refractivity contribution < 1.29 is 33.7 Å². The highest BCUT2D eigenvalue weighted by Gasteiger charge is 2.48. The minimum atomic E-state index is -1.04. The summed E-state index contributed by atoms with van der Waals surface area (Å²) in [5.41, 5.74) is 1.02. The van der Waals surface area contributed by atoms with Crippen molar-refractivity contribution in [1.29, 1.82) is 0 Å². The summed E-state index contributed by atoms with van der Waals surface area (Å²) in [6.07, 6.45) is 1.44. The molecule has 3 aromatic rings. The van der Waals surface area contributed by atoms with Gasteiger partial charge in [-0.05, 0) is 36.8 Å². The van der Waals surface area contributed by atoms with Crippen molar-refractivity contribution in [3.05, 3.63) is 88.5 Å². The lowest BCUT2D eigenvalue weighted by atomic mass is 9.95. The number of methoxy groups -OCH3 is 2. The first-order chi connectivity index (χ1) is 17.8. The number of hydrogen-bond acceptors (Lipinski definition) is 9. The Hall–Kier alpha value is -4.44.